The molecule has 1 aliphatic heterocycles. The summed E-state index contributed by atoms with van der Waals surface area (Å²) in [5.74, 6) is -4.71. The molecule has 1 spiro atoms. The van der Waals surface area contributed by atoms with E-state index in [1.807, 2.05) is 19.9 Å². The van der Waals surface area contributed by atoms with Crippen LogP contribution in [0.3, 0.4) is 0 Å². The van der Waals surface area contributed by atoms with Gasteiger partial charge in [-0.3, -0.25) is 14.4 Å². The van der Waals surface area contributed by atoms with Crippen molar-refractivity contribution in [2.75, 3.05) is 26.2 Å². The minimum Gasteiger partial charge on any atom is -0.466 e. The molecule has 1 unspecified atom stereocenters. The molecule has 1 aliphatic carbocycles. The summed E-state index contributed by atoms with van der Waals surface area (Å²) < 4.78 is 81.7. The van der Waals surface area contributed by atoms with Crippen molar-refractivity contribution in [1.82, 2.24) is 9.47 Å². The Bertz CT molecular complexity index is 1850. The third-order valence-electron chi connectivity index (χ3n) is 10.8. The molecule has 11 heteroatoms. The number of carbonyl (C=O) groups is 2. The smallest absolute Gasteiger partial charge is 0.416 e. The van der Waals surface area contributed by atoms with E-state index < -0.39 is 71.1 Å². The molecule has 282 valence electrons. The highest BCUT2D eigenvalue weighted by molar-refractivity contribution is 5.85. The Morgan fingerprint density at radius 2 is 1.62 bits per heavy atom. The van der Waals surface area contributed by atoms with Crippen molar-refractivity contribution in [2.45, 2.75) is 105 Å². The number of ketones is 1. The first kappa shape index (κ1) is 39.3. The lowest BCUT2D eigenvalue weighted by Crippen LogP contribution is -2.59. The molecular weight excluding hydrogens is 679 g/mol. The van der Waals surface area contributed by atoms with Gasteiger partial charge in [0.2, 0.25) is 0 Å². The van der Waals surface area contributed by atoms with Crippen molar-refractivity contribution < 1.29 is 36.3 Å². The summed E-state index contributed by atoms with van der Waals surface area (Å²) in [6.45, 7) is 12.4. The molecule has 1 saturated carbocycles. The maximum Gasteiger partial charge on any atom is 0.416 e. The first-order chi connectivity index (χ1) is 24.4. The van der Waals surface area contributed by atoms with Crippen molar-refractivity contribution in [2.24, 2.45) is 11.3 Å². The average Bonchev–Trinajstić information content (AvgIpc) is 3.00. The van der Waals surface area contributed by atoms with Crippen LogP contribution in [0.25, 0.3) is 11.1 Å². The van der Waals surface area contributed by atoms with Crippen molar-refractivity contribution in [3.63, 3.8) is 0 Å². The molecule has 52 heavy (non-hydrogen) atoms. The largest absolute Gasteiger partial charge is 0.466 e. The topological polar surface area (TPSA) is 68.6 Å². The lowest BCUT2D eigenvalue weighted by Gasteiger charge is -2.56. The summed E-state index contributed by atoms with van der Waals surface area (Å²) in [5.41, 5.74) is 0.0129. The van der Waals surface area contributed by atoms with Crippen LogP contribution in [-0.4, -0.2) is 47.5 Å². The second kappa shape index (κ2) is 15.6. The van der Waals surface area contributed by atoms with Crippen molar-refractivity contribution in [3.05, 3.63) is 91.9 Å². The van der Waals surface area contributed by atoms with Gasteiger partial charge in [0.15, 0.2) is 5.78 Å². The molecular formula is C41H49F5N2O4. The molecule has 0 bridgehead atoms. The maximum atomic E-state index is 16.7. The number of aromatic nitrogens is 1. The van der Waals surface area contributed by atoms with Gasteiger partial charge in [0, 0.05) is 55.4 Å². The van der Waals surface area contributed by atoms with Gasteiger partial charge < -0.3 is 14.2 Å². The predicted octanol–water partition coefficient (Wildman–Crippen LogP) is 9.05. The van der Waals surface area contributed by atoms with E-state index in [0.717, 1.165) is 47.8 Å². The minimum atomic E-state index is -4.78. The molecule has 0 radical (unpaired) electrons. The molecule has 2 aromatic carbocycles. The number of Topliss-reactive ketones (excluding diaryl/α,β-unsaturated/α-hetero) is 1. The van der Waals surface area contributed by atoms with E-state index in [1.165, 1.54) is 19.4 Å². The Morgan fingerprint density at radius 1 is 0.962 bits per heavy atom. The van der Waals surface area contributed by atoms with E-state index in [9.17, 15) is 27.6 Å². The fraction of sp³-hybridized carbons (Fsp3) is 0.537. The number of esters is 1. The third-order valence-corrected chi connectivity index (χ3v) is 10.8. The van der Waals surface area contributed by atoms with E-state index in [2.05, 4.69) is 4.90 Å². The van der Waals surface area contributed by atoms with Crippen LogP contribution in [0.5, 0.6) is 0 Å². The zero-order valence-electron chi connectivity index (χ0n) is 30.9. The van der Waals surface area contributed by atoms with Crippen molar-refractivity contribution in [1.29, 1.82) is 0 Å². The summed E-state index contributed by atoms with van der Waals surface area (Å²) in [5, 5.41) is 0. The predicted molar refractivity (Wildman–Crippen MR) is 190 cm³/mol. The number of hydrogen-bond donors (Lipinski definition) is 0. The molecule has 2 aliphatic rings. The van der Waals surface area contributed by atoms with Crippen molar-refractivity contribution >= 4 is 11.8 Å². The Kier molecular flexibility index (Phi) is 11.8. The zero-order valence-corrected chi connectivity index (χ0v) is 30.9. The van der Waals surface area contributed by atoms with Crippen LogP contribution in [0, 0.1) is 43.7 Å². The van der Waals surface area contributed by atoms with Gasteiger partial charge in [0.25, 0.3) is 5.56 Å². The second-order valence-corrected chi connectivity index (χ2v) is 15.3. The summed E-state index contributed by atoms with van der Waals surface area (Å²) in [4.78, 5) is 42.8. The minimum absolute atomic E-state index is 0.00402. The number of hydrogen-bond acceptors (Lipinski definition) is 5. The second-order valence-electron chi connectivity index (χ2n) is 15.3. The van der Waals surface area contributed by atoms with E-state index in [4.69, 9.17) is 4.74 Å². The Balaban J connectivity index is 1.54. The molecule has 3 aromatic rings. The Labute approximate surface area is 302 Å². The number of carbonyl (C=O) groups excluding carboxylic acids is 2. The van der Waals surface area contributed by atoms with Gasteiger partial charge in [0.1, 0.15) is 11.6 Å². The first-order valence-electron chi connectivity index (χ1n) is 18.2. The van der Waals surface area contributed by atoms with E-state index in [-0.39, 0.29) is 47.5 Å². The number of halogens is 5. The van der Waals surface area contributed by atoms with Crippen molar-refractivity contribution in [3.8, 4) is 11.1 Å². The number of likely N-dealkylation sites (tertiary alicyclic amines) is 1. The molecule has 0 N–H and O–H groups in total. The summed E-state index contributed by atoms with van der Waals surface area (Å²) >= 11 is 0. The molecule has 1 saturated heterocycles. The molecule has 2 atom stereocenters. The number of aryl methyl sites for hydroxylation is 3. The maximum absolute atomic E-state index is 16.7. The number of nitrogens with zero attached hydrogens (tertiary/aromatic N) is 2. The molecule has 0 amide bonds. The number of ether oxygens (including phenoxy) is 1. The fourth-order valence-corrected chi connectivity index (χ4v) is 8.13. The van der Waals surface area contributed by atoms with Crippen LogP contribution < -0.4 is 5.56 Å². The Hall–Kier alpha value is -3.86. The van der Waals surface area contributed by atoms with Crippen LogP contribution in [0.4, 0.5) is 22.0 Å². The van der Waals surface area contributed by atoms with Gasteiger partial charge >= 0.3 is 12.1 Å². The van der Waals surface area contributed by atoms with Crippen LogP contribution >= 0.6 is 0 Å². The SMILES string of the molecule is CCOC(=O)C[C@H](CC(=O)C(CC(C)C)n1cc(CCN2CC3(CCC3)C2)c(C(F)(F)F)cc1=O)c1c(F)c(C)cc(-c2c(C)cccc2C)c1F. The standard InChI is InChI=1S/C41H49F5N2O4/c1-7-52-35(51)19-29(37-38(42)27(6)17-30(39(37)43)36-25(4)10-8-11-26(36)5)18-33(49)32(16-24(2)3)48-21-28(31(20-34(48)50)41(44,45)46)12-15-47-22-40(23-47)13-9-14-40/h8,10-11,17,20-21,24,29,32H,7,9,12-16,18-19,22-23H2,1-6H3/t29-,32?/m0/s1. The van der Waals surface area contributed by atoms with E-state index in [1.54, 1.807) is 32.9 Å². The van der Waals surface area contributed by atoms with E-state index >= 15 is 8.78 Å². The lowest BCUT2D eigenvalue weighted by atomic mass is 9.63. The lowest BCUT2D eigenvalue weighted by molar-refractivity contribution is -0.143. The van der Waals surface area contributed by atoms with Crippen LogP contribution in [0.15, 0.2) is 41.3 Å². The number of rotatable bonds is 14. The normalized spacial score (nSPS) is 16.8. The van der Waals surface area contributed by atoms with Gasteiger partial charge in [-0.05, 0) is 98.6 Å². The van der Waals surface area contributed by atoms with Gasteiger partial charge in [-0.2, -0.15) is 13.2 Å². The number of pyridine rings is 1. The molecule has 2 heterocycles. The highest BCUT2D eigenvalue weighted by Crippen LogP contribution is 2.48. The number of alkyl halides is 3. The van der Waals surface area contributed by atoms with Crippen LogP contribution in [0.2, 0.25) is 0 Å². The Morgan fingerprint density at radius 3 is 2.17 bits per heavy atom. The average molecular weight is 729 g/mol. The highest BCUT2D eigenvalue weighted by Gasteiger charge is 2.47. The van der Waals surface area contributed by atoms with Gasteiger partial charge in [-0.25, -0.2) is 8.78 Å². The summed E-state index contributed by atoms with van der Waals surface area (Å²) in [6, 6.07) is 6.15. The summed E-state index contributed by atoms with van der Waals surface area (Å²) in [7, 11) is 0. The quantitative estimate of drug-likeness (QED) is 0.122. The van der Waals surface area contributed by atoms with Crippen LogP contribution in [-0.2, 0) is 26.9 Å². The molecule has 2 fully saturated rings. The molecule has 6 nitrogen and oxygen atoms in total. The molecule has 5 rings (SSSR count). The highest BCUT2D eigenvalue weighted by atomic mass is 19.4. The molecule has 1 aromatic heterocycles. The van der Waals surface area contributed by atoms with E-state index in [0.29, 0.717) is 18.2 Å². The van der Waals surface area contributed by atoms with Gasteiger partial charge in [-0.1, -0.05) is 38.5 Å². The third kappa shape index (κ3) is 8.35. The number of benzene rings is 2. The van der Waals surface area contributed by atoms with Gasteiger partial charge in [-0.15, -0.1) is 0 Å². The summed E-state index contributed by atoms with van der Waals surface area (Å²) in [6.07, 6.45) is -1.20. The monoisotopic (exact) mass is 728 g/mol. The zero-order chi connectivity index (χ0) is 38.1. The fourth-order valence-electron chi connectivity index (χ4n) is 8.13. The first-order valence-corrected chi connectivity index (χ1v) is 18.2. The van der Waals surface area contributed by atoms with Crippen LogP contribution in [0.1, 0.15) is 105 Å². The van der Waals surface area contributed by atoms with Gasteiger partial charge in [0.05, 0.1) is 24.6 Å².